The number of rotatable bonds is 3. The van der Waals surface area contributed by atoms with Crippen LogP contribution in [0.4, 0.5) is 5.82 Å². The molecule has 1 fully saturated rings. The van der Waals surface area contributed by atoms with Crippen molar-refractivity contribution in [3.63, 3.8) is 0 Å². The van der Waals surface area contributed by atoms with Crippen molar-refractivity contribution in [2.75, 3.05) is 12.4 Å². The molecule has 0 unspecified atom stereocenters. The van der Waals surface area contributed by atoms with Gasteiger partial charge in [-0.2, -0.15) is 0 Å². The number of anilines is 1. The maximum absolute atomic E-state index is 6.00. The number of hydrogen-bond donors (Lipinski definition) is 1. The number of pyridine rings is 1. The molecule has 2 heterocycles. The molecule has 0 bridgehead atoms. The van der Waals surface area contributed by atoms with Gasteiger partial charge >= 0.3 is 0 Å². The van der Waals surface area contributed by atoms with E-state index in [2.05, 4.69) is 20.3 Å². The Hall–Kier alpha value is -1.91. The van der Waals surface area contributed by atoms with Crippen molar-refractivity contribution >= 4 is 16.7 Å². The van der Waals surface area contributed by atoms with Crippen molar-refractivity contribution in [3.8, 4) is 5.88 Å². The minimum Gasteiger partial charge on any atom is -0.474 e. The number of nitrogens with zero attached hydrogens (tertiary/aromatic N) is 3. The minimum atomic E-state index is 0.295. The Labute approximate surface area is 139 Å². The van der Waals surface area contributed by atoms with E-state index < -0.39 is 0 Å². The smallest absolute Gasteiger partial charge is 0.227 e. The molecule has 5 heteroatoms. The summed E-state index contributed by atoms with van der Waals surface area (Å²) in [6, 6.07) is 1.97. The summed E-state index contributed by atoms with van der Waals surface area (Å²) >= 11 is 0. The normalized spacial score (nSPS) is 13.2. The van der Waals surface area contributed by atoms with Gasteiger partial charge in [-0.1, -0.05) is 27.7 Å². The highest BCUT2D eigenvalue weighted by Gasteiger charge is 2.22. The molecule has 0 spiro atoms. The summed E-state index contributed by atoms with van der Waals surface area (Å²) in [5, 5.41) is 3.99. The van der Waals surface area contributed by atoms with E-state index in [0.29, 0.717) is 12.0 Å². The Bertz CT molecular complexity index is 619. The van der Waals surface area contributed by atoms with Crippen LogP contribution in [0.2, 0.25) is 0 Å². The predicted molar refractivity (Wildman–Crippen MR) is 97.3 cm³/mol. The average molecular weight is 318 g/mol. The van der Waals surface area contributed by atoms with Crippen molar-refractivity contribution in [2.45, 2.75) is 66.9 Å². The zero-order valence-corrected chi connectivity index (χ0v) is 15.5. The van der Waals surface area contributed by atoms with Gasteiger partial charge in [-0.15, -0.1) is 0 Å². The Balaban J connectivity index is 0.000000615. The molecule has 0 aromatic carbocycles. The van der Waals surface area contributed by atoms with Gasteiger partial charge in [0.05, 0.1) is 5.52 Å². The largest absolute Gasteiger partial charge is 0.474 e. The maximum Gasteiger partial charge on any atom is 0.227 e. The first-order chi connectivity index (χ1) is 11.2. The molecule has 0 saturated heterocycles. The van der Waals surface area contributed by atoms with Crippen LogP contribution in [0.1, 0.15) is 58.5 Å². The lowest BCUT2D eigenvalue weighted by Gasteiger charge is -2.26. The van der Waals surface area contributed by atoms with E-state index >= 15 is 0 Å². The molecule has 2 aromatic heterocycles. The third-order valence-corrected chi connectivity index (χ3v) is 3.45. The molecule has 0 amide bonds. The lowest BCUT2D eigenvalue weighted by Crippen LogP contribution is -2.25. The molecular weight excluding hydrogens is 288 g/mol. The van der Waals surface area contributed by atoms with E-state index in [1.54, 1.807) is 0 Å². The number of fused-ring (bicyclic) bond motifs is 1. The van der Waals surface area contributed by atoms with Crippen LogP contribution in [0.25, 0.3) is 10.9 Å². The van der Waals surface area contributed by atoms with Gasteiger partial charge in [-0.25, -0.2) is 15.0 Å². The van der Waals surface area contributed by atoms with Gasteiger partial charge in [0.2, 0.25) is 5.88 Å². The summed E-state index contributed by atoms with van der Waals surface area (Å²) < 4.78 is 6.00. The van der Waals surface area contributed by atoms with E-state index in [-0.39, 0.29) is 0 Å². The van der Waals surface area contributed by atoms with Gasteiger partial charge in [-0.3, -0.25) is 0 Å². The van der Waals surface area contributed by atoms with Crippen LogP contribution in [0.15, 0.2) is 6.07 Å². The summed E-state index contributed by atoms with van der Waals surface area (Å²) in [5.41, 5.74) is 1.81. The SMILES string of the molecule is CC.CC.CNc1nc(C)nc2cc(C)nc(OC3CCC3)c12. The zero-order chi connectivity index (χ0) is 17.4. The molecule has 128 valence electrons. The highest BCUT2D eigenvalue weighted by molar-refractivity contribution is 5.93. The van der Waals surface area contributed by atoms with Crippen molar-refractivity contribution in [1.29, 1.82) is 0 Å². The fourth-order valence-electron chi connectivity index (χ4n) is 2.27. The summed E-state index contributed by atoms with van der Waals surface area (Å²) in [7, 11) is 1.86. The van der Waals surface area contributed by atoms with Gasteiger partial charge in [0.25, 0.3) is 0 Å². The molecule has 1 N–H and O–H groups in total. The molecule has 0 aliphatic heterocycles. The molecule has 5 nitrogen and oxygen atoms in total. The van der Waals surface area contributed by atoms with Crippen LogP contribution in [-0.4, -0.2) is 28.1 Å². The van der Waals surface area contributed by atoms with Crippen LogP contribution < -0.4 is 10.1 Å². The van der Waals surface area contributed by atoms with E-state index in [1.165, 1.54) is 6.42 Å². The average Bonchev–Trinajstić information content (AvgIpc) is 2.53. The van der Waals surface area contributed by atoms with E-state index in [9.17, 15) is 0 Å². The lowest BCUT2D eigenvalue weighted by molar-refractivity contribution is 0.116. The number of aryl methyl sites for hydroxylation is 2. The van der Waals surface area contributed by atoms with E-state index in [4.69, 9.17) is 4.74 Å². The highest BCUT2D eigenvalue weighted by atomic mass is 16.5. The molecule has 0 atom stereocenters. The lowest BCUT2D eigenvalue weighted by atomic mass is 9.96. The fraction of sp³-hybridized carbons (Fsp3) is 0.611. The summed E-state index contributed by atoms with van der Waals surface area (Å²) in [4.78, 5) is 13.4. The van der Waals surface area contributed by atoms with Crippen molar-refractivity contribution < 1.29 is 4.74 Å². The monoisotopic (exact) mass is 318 g/mol. The molecule has 0 radical (unpaired) electrons. The summed E-state index contributed by atoms with van der Waals surface area (Å²) in [5.74, 6) is 2.19. The quantitative estimate of drug-likeness (QED) is 0.891. The molecule has 1 aliphatic rings. The fourth-order valence-corrected chi connectivity index (χ4v) is 2.27. The van der Waals surface area contributed by atoms with Gasteiger partial charge in [0, 0.05) is 12.7 Å². The number of nitrogens with one attached hydrogen (secondary N) is 1. The second-order valence-corrected chi connectivity index (χ2v) is 5.00. The molecular formula is C18H30N4O. The standard InChI is InChI=1S/C14H18N4O.2C2H6/c1-8-7-11-12(13(15-3)18-9(2)17-11)14(16-8)19-10-5-4-6-10;2*1-2/h7,10H,4-6H2,1-3H3,(H,15,17,18);2*1-2H3. The van der Waals surface area contributed by atoms with Crippen molar-refractivity contribution in [3.05, 3.63) is 17.6 Å². The van der Waals surface area contributed by atoms with Crippen molar-refractivity contribution in [2.24, 2.45) is 0 Å². The second-order valence-electron chi connectivity index (χ2n) is 5.00. The minimum absolute atomic E-state index is 0.295. The topological polar surface area (TPSA) is 59.9 Å². The van der Waals surface area contributed by atoms with E-state index in [1.807, 2.05) is 54.7 Å². The molecule has 1 saturated carbocycles. The molecule has 2 aromatic rings. The van der Waals surface area contributed by atoms with Crippen LogP contribution in [0.3, 0.4) is 0 Å². The predicted octanol–water partition coefficient (Wildman–Crippen LogP) is 4.67. The summed E-state index contributed by atoms with van der Waals surface area (Å²) in [6.07, 6.45) is 3.75. The van der Waals surface area contributed by atoms with Crippen molar-refractivity contribution in [1.82, 2.24) is 15.0 Å². The highest BCUT2D eigenvalue weighted by Crippen LogP contribution is 2.32. The first kappa shape index (κ1) is 19.1. The Kier molecular flexibility index (Phi) is 7.72. The van der Waals surface area contributed by atoms with Crippen LogP contribution in [0.5, 0.6) is 5.88 Å². The van der Waals surface area contributed by atoms with Gasteiger partial charge in [0.15, 0.2) is 0 Å². The Morgan fingerprint density at radius 3 is 2.22 bits per heavy atom. The Morgan fingerprint density at radius 1 is 1.04 bits per heavy atom. The number of hydrogen-bond acceptors (Lipinski definition) is 5. The molecule has 3 rings (SSSR count). The van der Waals surface area contributed by atoms with Crippen LogP contribution in [-0.2, 0) is 0 Å². The van der Waals surface area contributed by atoms with Crippen LogP contribution in [0, 0.1) is 13.8 Å². The first-order valence-electron chi connectivity index (χ1n) is 8.68. The molecule has 23 heavy (non-hydrogen) atoms. The van der Waals surface area contributed by atoms with Gasteiger partial charge in [0.1, 0.15) is 23.1 Å². The zero-order valence-electron chi connectivity index (χ0n) is 15.5. The second kappa shape index (κ2) is 9.28. The third kappa shape index (κ3) is 4.53. The third-order valence-electron chi connectivity index (χ3n) is 3.45. The Morgan fingerprint density at radius 2 is 1.70 bits per heavy atom. The molecule has 1 aliphatic carbocycles. The van der Waals surface area contributed by atoms with Crippen LogP contribution >= 0.6 is 0 Å². The first-order valence-corrected chi connectivity index (χ1v) is 8.68. The number of ether oxygens (including phenoxy) is 1. The maximum atomic E-state index is 6.00. The van der Waals surface area contributed by atoms with Gasteiger partial charge < -0.3 is 10.1 Å². The van der Waals surface area contributed by atoms with E-state index in [0.717, 1.165) is 41.1 Å². The summed E-state index contributed by atoms with van der Waals surface area (Å²) in [6.45, 7) is 11.9. The van der Waals surface area contributed by atoms with Gasteiger partial charge in [-0.05, 0) is 39.2 Å². The number of aromatic nitrogens is 3.